The summed E-state index contributed by atoms with van der Waals surface area (Å²) in [5.41, 5.74) is 0.764. The van der Waals surface area contributed by atoms with Crippen LogP contribution in [-0.4, -0.2) is 42.0 Å². The summed E-state index contributed by atoms with van der Waals surface area (Å²) in [5, 5.41) is 1.71. The minimum Gasteiger partial charge on any atom is -0.469 e. The number of esters is 1. The van der Waals surface area contributed by atoms with E-state index >= 15 is 0 Å². The fourth-order valence-corrected chi connectivity index (χ4v) is 2.07. The summed E-state index contributed by atoms with van der Waals surface area (Å²) in [4.78, 5) is 35.5. The molecule has 7 heteroatoms. The van der Waals surface area contributed by atoms with Gasteiger partial charge in [0.05, 0.1) is 13.5 Å². The van der Waals surface area contributed by atoms with Crippen molar-refractivity contribution in [1.29, 1.82) is 0 Å². The van der Waals surface area contributed by atoms with Crippen molar-refractivity contribution in [2.75, 3.05) is 20.7 Å². The number of carbonyl (C=O) groups excluding carboxylic acids is 2. The number of aromatic nitrogens is 1. The largest absolute Gasteiger partial charge is 0.469 e. The van der Waals surface area contributed by atoms with Gasteiger partial charge in [-0.05, 0) is 6.92 Å². The molecule has 0 saturated heterocycles. The zero-order chi connectivity index (χ0) is 13.7. The van der Waals surface area contributed by atoms with Crippen molar-refractivity contribution in [3.8, 4) is 0 Å². The highest BCUT2D eigenvalue weighted by molar-refractivity contribution is 7.07. The second-order valence-corrected chi connectivity index (χ2v) is 4.69. The monoisotopic (exact) mass is 272 g/mol. The number of rotatable bonds is 5. The summed E-state index contributed by atoms with van der Waals surface area (Å²) in [6, 6.07) is 0. The van der Waals surface area contributed by atoms with E-state index < -0.39 is 0 Å². The van der Waals surface area contributed by atoms with E-state index in [1.54, 1.807) is 19.4 Å². The molecule has 0 aliphatic rings. The van der Waals surface area contributed by atoms with Gasteiger partial charge in [-0.3, -0.25) is 19.0 Å². The van der Waals surface area contributed by atoms with Gasteiger partial charge in [-0.2, -0.15) is 0 Å². The van der Waals surface area contributed by atoms with E-state index in [2.05, 4.69) is 4.74 Å². The van der Waals surface area contributed by atoms with Crippen LogP contribution in [0.15, 0.2) is 10.2 Å². The van der Waals surface area contributed by atoms with Gasteiger partial charge >= 0.3 is 10.8 Å². The lowest BCUT2D eigenvalue weighted by atomic mass is 10.4. The molecule has 0 N–H and O–H groups in total. The van der Waals surface area contributed by atoms with Crippen molar-refractivity contribution in [3.63, 3.8) is 0 Å². The van der Waals surface area contributed by atoms with Gasteiger partial charge in [-0.25, -0.2) is 0 Å². The minimum absolute atomic E-state index is 0.00579. The number of amides is 1. The SMILES string of the molecule is COC(=O)CCN(C)C(=O)Cn1c(C)csc1=O. The van der Waals surface area contributed by atoms with E-state index in [1.807, 2.05) is 0 Å². The predicted molar refractivity (Wildman–Crippen MR) is 67.6 cm³/mol. The summed E-state index contributed by atoms with van der Waals surface area (Å²) >= 11 is 1.07. The van der Waals surface area contributed by atoms with Gasteiger partial charge in [-0.15, -0.1) is 0 Å². The highest BCUT2D eigenvalue weighted by Gasteiger charge is 2.13. The lowest BCUT2D eigenvalue weighted by molar-refractivity contribution is -0.141. The summed E-state index contributed by atoms with van der Waals surface area (Å²) in [5.74, 6) is -0.568. The van der Waals surface area contributed by atoms with Gasteiger partial charge in [0, 0.05) is 24.7 Å². The third-order valence-corrected chi connectivity index (χ3v) is 3.46. The van der Waals surface area contributed by atoms with Crippen LogP contribution < -0.4 is 4.87 Å². The first kappa shape index (κ1) is 14.4. The number of methoxy groups -OCH3 is 1. The third kappa shape index (κ3) is 3.69. The highest BCUT2D eigenvalue weighted by atomic mass is 32.1. The molecule has 1 rings (SSSR count). The first-order chi connectivity index (χ1) is 8.45. The molecule has 0 unspecified atom stereocenters. The van der Waals surface area contributed by atoms with Crippen molar-refractivity contribution in [2.24, 2.45) is 0 Å². The lowest BCUT2D eigenvalue weighted by Crippen LogP contribution is -2.34. The highest BCUT2D eigenvalue weighted by Crippen LogP contribution is 2.01. The minimum atomic E-state index is -0.362. The maximum atomic E-state index is 11.8. The number of thiazole rings is 1. The molecular weight excluding hydrogens is 256 g/mol. The van der Waals surface area contributed by atoms with Crippen molar-refractivity contribution in [3.05, 3.63) is 20.7 Å². The summed E-state index contributed by atoms with van der Waals surface area (Å²) in [6.45, 7) is 2.06. The summed E-state index contributed by atoms with van der Waals surface area (Å²) in [7, 11) is 2.90. The molecule has 0 aliphatic heterocycles. The van der Waals surface area contributed by atoms with Crippen LogP contribution in [0.5, 0.6) is 0 Å². The van der Waals surface area contributed by atoms with Crippen LogP contribution in [0.25, 0.3) is 0 Å². The second kappa shape index (κ2) is 6.34. The Hall–Kier alpha value is -1.63. The van der Waals surface area contributed by atoms with E-state index in [0.29, 0.717) is 0 Å². The first-order valence-electron chi connectivity index (χ1n) is 5.41. The van der Waals surface area contributed by atoms with Crippen molar-refractivity contribution >= 4 is 23.2 Å². The van der Waals surface area contributed by atoms with Crippen molar-refractivity contribution in [2.45, 2.75) is 19.9 Å². The predicted octanol–water partition coefficient (Wildman–Crippen LogP) is 0.240. The van der Waals surface area contributed by atoms with Crippen LogP contribution in [0, 0.1) is 6.92 Å². The number of nitrogens with zero attached hydrogens (tertiary/aromatic N) is 2. The molecular formula is C11H16N2O4S. The Bertz CT molecular complexity index is 491. The summed E-state index contributed by atoms with van der Waals surface area (Å²) < 4.78 is 5.91. The number of ether oxygens (including phenoxy) is 1. The quantitative estimate of drug-likeness (QED) is 0.720. The number of carbonyl (C=O) groups is 2. The number of hydrogen-bond acceptors (Lipinski definition) is 5. The normalized spacial score (nSPS) is 10.2. The Labute approximate surface area is 109 Å². The zero-order valence-corrected chi connectivity index (χ0v) is 11.5. The van der Waals surface area contributed by atoms with Crippen molar-refractivity contribution in [1.82, 2.24) is 9.47 Å². The van der Waals surface area contributed by atoms with Crippen molar-refractivity contribution < 1.29 is 14.3 Å². The Kier molecular flexibility index (Phi) is 5.08. The van der Waals surface area contributed by atoms with Crippen LogP contribution in [0.4, 0.5) is 0 Å². The molecule has 18 heavy (non-hydrogen) atoms. The van der Waals surface area contributed by atoms with E-state index in [1.165, 1.54) is 16.6 Å². The molecule has 0 fully saturated rings. The van der Waals surface area contributed by atoms with Crippen LogP contribution in [0.1, 0.15) is 12.1 Å². The Balaban J connectivity index is 2.55. The molecule has 1 heterocycles. The van der Waals surface area contributed by atoms with E-state index in [-0.39, 0.29) is 36.3 Å². The molecule has 0 aliphatic carbocycles. The topological polar surface area (TPSA) is 68.6 Å². The smallest absolute Gasteiger partial charge is 0.307 e. The molecule has 0 saturated carbocycles. The molecule has 0 radical (unpaired) electrons. The maximum absolute atomic E-state index is 11.8. The third-order valence-electron chi connectivity index (χ3n) is 2.57. The lowest BCUT2D eigenvalue weighted by Gasteiger charge is -2.16. The Morgan fingerprint density at radius 3 is 2.67 bits per heavy atom. The molecule has 0 atom stereocenters. The van der Waals surface area contributed by atoms with Crippen LogP contribution in [0.2, 0.25) is 0 Å². The van der Waals surface area contributed by atoms with Crippen LogP contribution >= 0.6 is 11.3 Å². The number of aryl methyl sites for hydroxylation is 1. The standard InChI is InChI=1S/C11H16N2O4S/c1-8-7-18-11(16)13(8)6-9(14)12(2)5-4-10(15)17-3/h7H,4-6H2,1-3H3. The average molecular weight is 272 g/mol. The molecule has 0 spiro atoms. The molecule has 1 aromatic heterocycles. The molecule has 0 bridgehead atoms. The van der Waals surface area contributed by atoms with Crippen LogP contribution in [0.3, 0.4) is 0 Å². The van der Waals surface area contributed by atoms with Gasteiger partial charge in [0.25, 0.3) is 0 Å². The molecule has 1 aromatic rings. The number of likely N-dealkylation sites (N-methyl/N-ethyl adjacent to an activating group) is 1. The van der Waals surface area contributed by atoms with Gasteiger partial charge < -0.3 is 9.64 Å². The van der Waals surface area contributed by atoms with E-state index in [4.69, 9.17) is 0 Å². The van der Waals surface area contributed by atoms with Crippen LogP contribution in [-0.2, 0) is 20.9 Å². The molecule has 1 amide bonds. The number of hydrogen-bond donors (Lipinski definition) is 0. The van der Waals surface area contributed by atoms with Gasteiger partial charge in [0.2, 0.25) is 5.91 Å². The fourth-order valence-electron chi connectivity index (χ4n) is 1.34. The van der Waals surface area contributed by atoms with E-state index in [0.717, 1.165) is 17.0 Å². The van der Waals surface area contributed by atoms with Gasteiger partial charge in [0.15, 0.2) is 0 Å². The van der Waals surface area contributed by atoms with Gasteiger partial charge in [0.1, 0.15) is 6.54 Å². The zero-order valence-electron chi connectivity index (χ0n) is 10.6. The Morgan fingerprint density at radius 2 is 2.17 bits per heavy atom. The molecule has 100 valence electrons. The van der Waals surface area contributed by atoms with Gasteiger partial charge in [-0.1, -0.05) is 11.3 Å². The molecule has 6 nitrogen and oxygen atoms in total. The summed E-state index contributed by atoms with van der Waals surface area (Å²) in [6.07, 6.45) is 0.149. The van der Waals surface area contributed by atoms with E-state index in [9.17, 15) is 14.4 Å². The second-order valence-electron chi connectivity index (χ2n) is 3.87. The first-order valence-corrected chi connectivity index (χ1v) is 6.29. The molecule has 0 aromatic carbocycles. The average Bonchev–Trinajstić information content (AvgIpc) is 2.66. The fraction of sp³-hybridized carbons (Fsp3) is 0.545. The Morgan fingerprint density at radius 1 is 1.50 bits per heavy atom. The maximum Gasteiger partial charge on any atom is 0.307 e.